The third-order valence-electron chi connectivity index (χ3n) is 5.23. The average molecular weight is 325 g/mol. The van der Waals surface area contributed by atoms with Gasteiger partial charge < -0.3 is 15.3 Å². The molecule has 0 saturated carbocycles. The van der Waals surface area contributed by atoms with E-state index in [0.717, 1.165) is 44.6 Å². The Morgan fingerprint density at radius 2 is 1.82 bits per heavy atom. The Bertz CT molecular complexity index is 531. The van der Waals surface area contributed by atoms with Crippen molar-refractivity contribution in [1.82, 2.24) is 10.2 Å². The van der Waals surface area contributed by atoms with Crippen molar-refractivity contribution < 1.29 is 9.90 Å². The largest absolute Gasteiger partial charge is 0.508 e. The fourth-order valence-corrected chi connectivity index (χ4v) is 3.57. The molecule has 0 atom stereocenters. The van der Waals surface area contributed by atoms with Crippen molar-refractivity contribution in [3.63, 3.8) is 0 Å². The molecule has 2 aliphatic heterocycles. The molecule has 1 aromatic carbocycles. The van der Waals surface area contributed by atoms with E-state index in [-0.39, 0.29) is 24.1 Å². The molecule has 2 aliphatic rings. The van der Waals surface area contributed by atoms with E-state index in [9.17, 15) is 9.90 Å². The van der Waals surface area contributed by atoms with Crippen molar-refractivity contribution in [2.45, 2.75) is 32.6 Å². The van der Waals surface area contributed by atoms with Crippen molar-refractivity contribution in [2.75, 3.05) is 26.2 Å². The lowest BCUT2D eigenvalue weighted by Crippen LogP contribution is -2.47. The van der Waals surface area contributed by atoms with Gasteiger partial charge in [-0.2, -0.15) is 0 Å². The van der Waals surface area contributed by atoms with E-state index in [0.29, 0.717) is 11.0 Å². The maximum absolute atomic E-state index is 12.5. The zero-order valence-electron chi connectivity index (χ0n) is 13.1. The molecule has 1 spiro atoms. The molecule has 0 aliphatic carbocycles. The number of nitrogens with one attached hydrogen (secondary N) is 1. The number of piperidine rings is 2. The van der Waals surface area contributed by atoms with Crippen molar-refractivity contribution in [2.24, 2.45) is 5.41 Å². The van der Waals surface area contributed by atoms with Crippen LogP contribution in [0.15, 0.2) is 18.2 Å². The standard InChI is InChI=1S/C17H24N2O2.ClH/c1-13-2-3-14(12-15(13)20)16(21)19-10-6-17(7-11-19)4-8-18-9-5-17;/h2-3,12,18,20H,4-11H2,1H3;1H. The number of phenolic OH excluding ortho intramolecular Hbond substituents is 1. The zero-order valence-corrected chi connectivity index (χ0v) is 13.9. The summed E-state index contributed by atoms with van der Waals surface area (Å²) in [6.07, 6.45) is 4.69. The third kappa shape index (κ3) is 3.39. The quantitative estimate of drug-likeness (QED) is 0.835. The average Bonchev–Trinajstić information content (AvgIpc) is 2.51. The number of nitrogens with zero attached hydrogens (tertiary/aromatic N) is 1. The molecule has 122 valence electrons. The van der Waals surface area contributed by atoms with Crippen LogP contribution in [0.25, 0.3) is 0 Å². The topological polar surface area (TPSA) is 52.6 Å². The molecule has 2 N–H and O–H groups in total. The second-order valence-corrected chi connectivity index (χ2v) is 6.54. The second-order valence-electron chi connectivity index (χ2n) is 6.54. The lowest BCUT2D eigenvalue weighted by Gasteiger charge is -2.44. The Labute approximate surface area is 138 Å². The van der Waals surface area contributed by atoms with E-state index < -0.39 is 0 Å². The van der Waals surface area contributed by atoms with Crippen LogP contribution < -0.4 is 5.32 Å². The number of aromatic hydroxyl groups is 1. The molecular formula is C17H25ClN2O2. The first-order valence-corrected chi connectivity index (χ1v) is 7.89. The summed E-state index contributed by atoms with van der Waals surface area (Å²) in [6.45, 7) is 5.74. The Hall–Kier alpha value is -1.26. The van der Waals surface area contributed by atoms with Crippen LogP contribution in [0.5, 0.6) is 5.75 Å². The molecular weight excluding hydrogens is 300 g/mol. The van der Waals surface area contributed by atoms with Gasteiger partial charge >= 0.3 is 0 Å². The number of rotatable bonds is 1. The maximum Gasteiger partial charge on any atom is 0.253 e. The van der Waals surface area contributed by atoms with E-state index in [2.05, 4.69) is 5.32 Å². The lowest BCUT2D eigenvalue weighted by molar-refractivity contribution is 0.0495. The highest BCUT2D eigenvalue weighted by molar-refractivity contribution is 5.94. The number of aryl methyl sites for hydroxylation is 1. The minimum absolute atomic E-state index is 0. The van der Waals surface area contributed by atoms with Crippen LogP contribution in [0.1, 0.15) is 41.6 Å². The summed E-state index contributed by atoms with van der Waals surface area (Å²) in [5, 5.41) is 13.2. The minimum Gasteiger partial charge on any atom is -0.508 e. The number of amides is 1. The number of hydrogen-bond donors (Lipinski definition) is 2. The van der Waals surface area contributed by atoms with Crippen LogP contribution >= 0.6 is 12.4 Å². The van der Waals surface area contributed by atoms with E-state index in [4.69, 9.17) is 0 Å². The summed E-state index contributed by atoms with van der Waals surface area (Å²) >= 11 is 0. The SMILES string of the molecule is Cc1ccc(C(=O)N2CCC3(CCNCC3)CC2)cc1O.Cl. The van der Waals surface area contributed by atoms with Gasteiger partial charge in [-0.25, -0.2) is 0 Å². The summed E-state index contributed by atoms with van der Waals surface area (Å²) in [4.78, 5) is 14.5. The van der Waals surface area contributed by atoms with Crippen LogP contribution in [0, 0.1) is 12.3 Å². The van der Waals surface area contributed by atoms with Crippen molar-refractivity contribution in [3.8, 4) is 5.75 Å². The normalized spacial score (nSPS) is 20.5. The number of phenols is 1. The predicted octanol–water partition coefficient (Wildman–Crippen LogP) is 2.73. The van der Waals surface area contributed by atoms with Gasteiger partial charge in [0.05, 0.1) is 0 Å². The molecule has 1 aromatic rings. The van der Waals surface area contributed by atoms with Gasteiger partial charge in [-0.15, -0.1) is 12.4 Å². The summed E-state index contributed by atoms with van der Waals surface area (Å²) in [5.41, 5.74) is 1.86. The van der Waals surface area contributed by atoms with Gasteiger partial charge in [0.2, 0.25) is 0 Å². The summed E-state index contributed by atoms with van der Waals surface area (Å²) in [5.74, 6) is 0.252. The fourth-order valence-electron chi connectivity index (χ4n) is 3.57. The van der Waals surface area contributed by atoms with Crippen molar-refractivity contribution in [3.05, 3.63) is 29.3 Å². The molecule has 4 nitrogen and oxygen atoms in total. The highest BCUT2D eigenvalue weighted by atomic mass is 35.5. The maximum atomic E-state index is 12.5. The molecule has 2 fully saturated rings. The van der Waals surface area contributed by atoms with Gasteiger partial charge in [0.1, 0.15) is 5.75 Å². The number of halogens is 1. The van der Waals surface area contributed by atoms with Gasteiger partial charge in [0.15, 0.2) is 0 Å². The first-order valence-electron chi connectivity index (χ1n) is 7.89. The zero-order chi connectivity index (χ0) is 14.9. The summed E-state index contributed by atoms with van der Waals surface area (Å²) in [6, 6.07) is 5.21. The molecule has 0 aromatic heterocycles. The molecule has 3 rings (SSSR count). The summed E-state index contributed by atoms with van der Waals surface area (Å²) in [7, 11) is 0. The first kappa shape index (κ1) is 17.1. The Kier molecular flexibility index (Phi) is 5.35. The molecule has 0 radical (unpaired) electrons. The first-order chi connectivity index (χ1) is 10.1. The van der Waals surface area contributed by atoms with Crippen molar-refractivity contribution in [1.29, 1.82) is 0 Å². The molecule has 0 bridgehead atoms. The van der Waals surface area contributed by atoms with E-state index in [1.807, 2.05) is 17.9 Å². The molecule has 2 heterocycles. The number of benzene rings is 1. The van der Waals surface area contributed by atoms with Crippen LogP contribution in [0.2, 0.25) is 0 Å². The number of hydrogen-bond acceptors (Lipinski definition) is 3. The minimum atomic E-state index is 0. The van der Waals surface area contributed by atoms with Gasteiger partial charge in [0, 0.05) is 18.7 Å². The van der Waals surface area contributed by atoms with Crippen LogP contribution in [0.4, 0.5) is 0 Å². The number of likely N-dealkylation sites (tertiary alicyclic amines) is 1. The fraction of sp³-hybridized carbons (Fsp3) is 0.588. The summed E-state index contributed by atoms with van der Waals surface area (Å²) < 4.78 is 0. The predicted molar refractivity (Wildman–Crippen MR) is 89.8 cm³/mol. The van der Waals surface area contributed by atoms with E-state index in [1.54, 1.807) is 12.1 Å². The smallest absolute Gasteiger partial charge is 0.253 e. The van der Waals surface area contributed by atoms with Gasteiger partial charge in [-0.1, -0.05) is 6.07 Å². The molecule has 0 unspecified atom stereocenters. The van der Waals surface area contributed by atoms with E-state index >= 15 is 0 Å². The highest BCUT2D eigenvalue weighted by Crippen LogP contribution is 2.39. The van der Waals surface area contributed by atoms with Crippen LogP contribution in [-0.2, 0) is 0 Å². The molecule has 2 saturated heterocycles. The number of carbonyl (C=O) groups is 1. The van der Waals surface area contributed by atoms with Gasteiger partial charge in [-0.3, -0.25) is 4.79 Å². The third-order valence-corrected chi connectivity index (χ3v) is 5.23. The van der Waals surface area contributed by atoms with Gasteiger partial charge in [0.25, 0.3) is 5.91 Å². The van der Waals surface area contributed by atoms with Gasteiger partial charge in [-0.05, 0) is 68.8 Å². The van der Waals surface area contributed by atoms with E-state index in [1.165, 1.54) is 12.8 Å². The highest BCUT2D eigenvalue weighted by Gasteiger charge is 2.36. The Morgan fingerprint density at radius 3 is 2.41 bits per heavy atom. The van der Waals surface area contributed by atoms with Crippen molar-refractivity contribution >= 4 is 18.3 Å². The van der Waals surface area contributed by atoms with Crippen LogP contribution in [0.3, 0.4) is 0 Å². The molecule has 5 heteroatoms. The Morgan fingerprint density at radius 1 is 1.18 bits per heavy atom. The van der Waals surface area contributed by atoms with Crippen LogP contribution in [-0.4, -0.2) is 42.1 Å². The number of carbonyl (C=O) groups excluding carboxylic acids is 1. The molecule has 1 amide bonds. The molecule has 22 heavy (non-hydrogen) atoms. The lowest BCUT2D eigenvalue weighted by atomic mass is 9.71. The monoisotopic (exact) mass is 324 g/mol. The second kappa shape index (κ2) is 6.88. The Balaban J connectivity index is 0.00000176.